The van der Waals surface area contributed by atoms with E-state index in [2.05, 4.69) is 61.6 Å². The van der Waals surface area contributed by atoms with Crippen LogP contribution in [-0.4, -0.2) is 12.6 Å². The summed E-state index contributed by atoms with van der Waals surface area (Å²) in [4.78, 5) is 0. The Morgan fingerprint density at radius 2 is 2.05 bits per heavy atom. The molecule has 1 aliphatic heterocycles. The summed E-state index contributed by atoms with van der Waals surface area (Å²) < 4.78 is 5.73. The van der Waals surface area contributed by atoms with E-state index < -0.39 is 0 Å². The van der Waals surface area contributed by atoms with E-state index in [1.165, 1.54) is 16.7 Å². The van der Waals surface area contributed by atoms with Gasteiger partial charge in [-0.3, -0.25) is 0 Å². The van der Waals surface area contributed by atoms with Gasteiger partial charge in [-0.1, -0.05) is 48.0 Å². The minimum absolute atomic E-state index is 0.328. The lowest BCUT2D eigenvalue weighted by atomic mass is 10.0. The number of rotatable bonds is 5. The molecule has 2 nitrogen and oxygen atoms in total. The molecule has 2 unspecified atom stereocenters. The first kappa shape index (κ1) is 14.2. The summed E-state index contributed by atoms with van der Waals surface area (Å²) in [5.74, 6) is 1.03. The number of nitrogens with one attached hydrogen (secondary N) is 1. The van der Waals surface area contributed by atoms with Crippen LogP contribution >= 0.6 is 0 Å². The van der Waals surface area contributed by atoms with Gasteiger partial charge in [-0.05, 0) is 38.3 Å². The van der Waals surface area contributed by atoms with E-state index in [0.29, 0.717) is 12.1 Å². The molecule has 1 aliphatic rings. The monoisotopic (exact) mass is 281 g/mol. The van der Waals surface area contributed by atoms with Gasteiger partial charge in [0.1, 0.15) is 12.4 Å². The molecule has 110 valence electrons. The third-order valence-electron chi connectivity index (χ3n) is 4.13. The van der Waals surface area contributed by atoms with Gasteiger partial charge in [0.2, 0.25) is 0 Å². The van der Waals surface area contributed by atoms with Crippen molar-refractivity contribution in [3.05, 3.63) is 65.2 Å². The van der Waals surface area contributed by atoms with E-state index in [1.54, 1.807) is 0 Å². The van der Waals surface area contributed by atoms with Crippen molar-refractivity contribution in [1.82, 2.24) is 5.32 Å². The zero-order valence-corrected chi connectivity index (χ0v) is 12.8. The summed E-state index contributed by atoms with van der Waals surface area (Å²) in [5.41, 5.74) is 4.05. The van der Waals surface area contributed by atoms with E-state index in [4.69, 9.17) is 4.74 Å². The predicted octanol–water partition coefficient (Wildman–Crippen LogP) is 4.04. The fourth-order valence-corrected chi connectivity index (χ4v) is 2.98. The SMILES string of the molecule is Cc1cccc(CCC(C)NC2COc3ccccc32)c1. The zero-order valence-electron chi connectivity index (χ0n) is 12.8. The quantitative estimate of drug-likeness (QED) is 0.893. The van der Waals surface area contributed by atoms with Crippen molar-refractivity contribution in [3.63, 3.8) is 0 Å². The standard InChI is InChI=1S/C19H23NO/c1-14-6-5-7-16(12-14)11-10-15(2)20-18-13-21-19-9-4-3-8-17(18)19/h3-9,12,15,18,20H,10-11,13H2,1-2H3. The molecule has 2 heteroatoms. The highest BCUT2D eigenvalue weighted by atomic mass is 16.5. The number of aryl methyl sites for hydroxylation is 2. The Hall–Kier alpha value is -1.80. The van der Waals surface area contributed by atoms with Crippen molar-refractivity contribution in [3.8, 4) is 5.75 Å². The van der Waals surface area contributed by atoms with Crippen molar-refractivity contribution in [2.75, 3.05) is 6.61 Å². The second-order valence-electron chi connectivity index (χ2n) is 6.00. The highest BCUT2D eigenvalue weighted by molar-refractivity contribution is 5.39. The van der Waals surface area contributed by atoms with Crippen LogP contribution in [0.5, 0.6) is 5.75 Å². The van der Waals surface area contributed by atoms with E-state index in [0.717, 1.165) is 25.2 Å². The largest absolute Gasteiger partial charge is 0.491 e. The van der Waals surface area contributed by atoms with Gasteiger partial charge in [0.25, 0.3) is 0 Å². The molecule has 21 heavy (non-hydrogen) atoms. The van der Waals surface area contributed by atoms with E-state index in [9.17, 15) is 0 Å². The third kappa shape index (κ3) is 3.45. The molecule has 0 aromatic heterocycles. The fourth-order valence-electron chi connectivity index (χ4n) is 2.98. The van der Waals surface area contributed by atoms with Crippen LogP contribution in [0.15, 0.2) is 48.5 Å². The lowest BCUT2D eigenvalue weighted by molar-refractivity contribution is 0.297. The van der Waals surface area contributed by atoms with Gasteiger partial charge >= 0.3 is 0 Å². The predicted molar refractivity (Wildman–Crippen MR) is 86.8 cm³/mol. The van der Waals surface area contributed by atoms with Crippen LogP contribution in [-0.2, 0) is 6.42 Å². The van der Waals surface area contributed by atoms with Gasteiger partial charge in [0, 0.05) is 11.6 Å². The summed E-state index contributed by atoms with van der Waals surface area (Å²) >= 11 is 0. The first-order valence-corrected chi connectivity index (χ1v) is 7.75. The number of hydrogen-bond donors (Lipinski definition) is 1. The van der Waals surface area contributed by atoms with Crippen LogP contribution in [0.4, 0.5) is 0 Å². The Morgan fingerprint density at radius 3 is 2.90 bits per heavy atom. The van der Waals surface area contributed by atoms with Crippen LogP contribution in [0.1, 0.15) is 36.1 Å². The first-order valence-electron chi connectivity index (χ1n) is 7.75. The van der Waals surface area contributed by atoms with Crippen molar-refractivity contribution in [2.24, 2.45) is 0 Å². The third-order valence-corrected chi connectivity index (χ3v) is 4.13. The molecule has 0 spiro atoms. The topological polar surface area (TPSA) is 21.3 Å². The molecule has 0 radical (unpaired) electrons. The van der Waals surface area contributed by atoms with E-state index >= 15 is 0 Å². The van der Waals surface area contributed by atoms with Gasteiger partial charge in [0.15, 0.2) is 0 Å². The lowest BCUT2D eigenvalue weighted by Crippen LogP contribution is -2.31. The Bertz CT molecular complexity index is 608. The van der Waals surface area contributed by atoms with Crippen LogP contribution in [0.2, 0.25) is 0 Å². The molecule has 2 aromatic rings. The van der Waals surface area contributed by atoms with E-state index in [1.807, 2.05) is 6.07 Å². The number of ether oxygens (including phenoxy) is 1. The Balaban J connectivity index is 1.54. The van der Waals surface area contributed by atoms with Crippen LogP contribution < -0.4 is 10.1 Å². The second kappa shape index (κ2) is 6.31. The van der Waals surface area contributed by atoms with E-state index in [-0.39, 0.29) is 0 Å². The maximum atomic E-state index is 5.73. The summed E-state index contributed by atoms with van der Waals surface area (Å²) in [5, 5.41) is 3.69. The highest BCUT2D eigenvalue weighted by Crippen LogP contribution is 2.32. The van der Waals surface area contributed by atoms with Gasteiger partial charge in [-0.2, -0.15) is 0 Å². The molecule has 0 aliphatic carbocycles. The molecule has 0 saturated heterocycles. The molecule has 1 N–H and O–H groups in total. The molecule has 3 rings (SSSR count). The summed E-state index contributed by atoms with van der Waals surface area (Å²) in [6.07, 6.45) is 2.26. The van der Waals surface area contributed by atoms with Gasteiger partial charge in [0.05, 0.1) is 6.04 Å². The number of benzene rings is 2. The van der Waals surface area contributed by atoms with Crippen molar-refractivity contribution >= 4 is 0 Å². The second-order valence-corrected chi connectivity index (χ2v) is 6.00. The molecule has 0 fully saturated rings. The van der Waals surface area contributed by atoms with Crippen LogP contribution in [0, 0.1) is 6.92 Å². The summed E-state index contributed by atoms with van der Waals surface area (Å²) in [6, 6.07) is 17.9. The molecule has 0 amide bonds. The average molecular weight is 281 g/mol. The molecular weight excluding hydrogens is 258 g/mol. The molecule has 0 bridgehead atoms. The summed E-state index contributed by atoms with van der Waals surface area (Å²) in [6.45, 7) is 5.16. The normalized spacial score (nSPS) is 18.1. The minimum atomic E-state index is 0.328. The number of fused-ring (bicyclic) bond motifs is 1. The summed E-state index contributed by atoms with van der Waals surface area (Å²) in [7, 11) is 0. The Labute approximate surface area is 127 Å². The fraction of sp³-hybridized carbons (Fsp3) is 0.368. The molecule has 2 aromatic carbocycles. The Morgan fingerprint density at radius 1 is 1.19 bits per heavy atom. The van der Waals surface area contributed by atoms with Crippen LogP contribution in [0.3, 0.4) is 0 Å². The molecule has 0 saturated carbocycles. The van der Waals surface area contributed by atoms with Gasteiger partial charge in [-0.25, -0.2) is 0 Å². The van der Waals surface area contributed by atoms with Crippen molar-refractivity contribution < 1.29 is 4.74 Å². The molecule has 1 heterocycles. The Kier molecular flexibility index (Phi) is 4.26. The highest BCUT2D eigenvalue weighted by Gasteiger charge is 2.24. The van der Waals surface area contributed by atoms with Crippen molar-refractivity contribution in [2.45, 2.75) is 38.8 Å². The number of hydrogen-bond acceptors (Lipinski definition) is 2. The van der Waals surface area contributed by atoms with Gasteiger partial charge in [-0.15, -0.1) is 0 Å². The van der Waals surface area contributed by atoms with Crippen molar-refractivity contribution in [1.29, 1.82) is 0 Å². The molecular formula is C19H23NO. The zero-order chi connectivity index (χ0) is 14.7. The van der Waals surface area contributed by atoms with Crippen LogP contribution in [0.25, 0.3) is 0 Å². The first-order chi connectivity index (χ1) is 10.2. The maximum Gasteiger partial charge on any atom is 0.124 e. The van der Waals surface area contributed by atoms with Gasteiger partial charge < -0.3 is 10.1 Å². The molecule has 2 atom stereocenters. The average Bonchev–Trinajstić information content (AvgIpc) is 2.89. The maximum absolute atomic E-state index is 5.73. The number of para-hydroxylation sites is 1. The minimum Gasteiger partial charge on any atom is -0.491 e. The lowest BCUT2D eigenvalue weighted by Gasteiger charge is -2.19. The smallest absolute Gasteiger partial charge is 0.124 e.